The first-order chi connectivity index (χ1) is 13.5. The second-order valence-corrected chi connectivity index (χ2v) is 7.94. The van der Waals surface area contributed by atoms with Gasteiger partial charge in [0.05, 0.1) is 28.8 Å². The van der Waals surface area contributed by atoms with Gasteiger partial charge in [0, 0.05) is 18.6 Å². The molecule has 1 aromatic carbocycles. The number of carbonyl (C=O) groups excluding carboxylic acids is 1. The summed E-state index contributed by atoms with van der Waals surface area (Å²) in [7, 11) is 0. The molecule has 3 aromatic rings. The lowest BCUT2D eigenvalue weighted by Gasteiger charge is -2.17. The summed E-state index contributed by atoms with van der Waals surface area (Å²) < 4.78 is 13.4. The zero-order valence-corrected chi connectivity index (χ0v) is 17.3. The lowest BCUT2D eigenvalue weighted by molar-refractivity contribution is -0.118. The van der Waals surface area contributed by atoms with E-state index in [9.17, 15) is 4.79 Å². The third kappa shape index (κ3) is 3.65. The van der Waals surface area contributed by atoms with Crippen molar-refractivity contribution in [3.8, 4) is 22.2 Å². The predicted molar refractivity (Wildman–Crippen MR) is 111 cm³/mol. The number of ether oxygens (including phenoxy) is 2. The van der Waals surface area contributed by atoms with Gasteiger partial charge in [-0.25, -0.2) is 0 Å². The molecule has 4 rings (SSSR count). The number of nitrogens with one attached hydrogen (secondary N) is 2. The maximum absolute atomic E-state index is 12.9. The number of anilines is 1. The molecule has 28 heavy (non-hydrogen) atoms. The van der Waals surface area contributed by atoms with Crippen LogP contribution in [0.3, 0.4) is 0 Å². The van der Waals surface area contributed by atoms with E-state index in [4.69, 9.17) is 33.3 Å². The smallest absolute Gasteiger partial charge is 0.247 e. The number of fused-ring (bicyclic) bond motifs is 1. The van der Waals surface area contributed by atoms with Crippen molar-refractivity contribution in [2.45, 2.75) is 19.4 Å². The highest BCUT2D eigenvalue weighted by Gasteiger charge is 2.23. The van der Waals surface area contributed by atoms with E-state index in [2.05, 4.69) is 15.5 Å². The lowest BCUT2D eigenvalue weighted by atomic mass is 10.2. The van der Waals surface area contributed by atoms with Crippen LogP contribution in [0.15, 0.2) is 29.6 Å². The number of benzene rings is 1. The van der Waals surface area contributed by atoms with Crippen LogP contribution in [-0.2, 0) is 4.79 Å². The van der Waals surface area contributed by atoms with Gasteiger partial charge in [0.15, 0.2) is 22.1 Å². The average molecular weight is 437 g/mol. The fourth-order valence-corrected chi connectivity index (χ4v) is 4.08. The molecule has 0 fully saturated rings. The minimum atomic E-state index is -0.601. The van der Waals surface area contributed by atoms with Gasteiger partial charge in [-0.15, -0.1) is 11.3 Å². The number of halogens is 1. The van der Waals surface area contributed by atoms with Crippen molar-refractivity contribution in [1.82, 2.24) is 14.8 Å². The van der Waals surface area contributed by atoms with E-state index in [1.807, 2.05) is 17.5 Å². The van der Waals surface area contributed by atoms with Crippen molar-refractivity contribution >= 4 is 46.8 Å². The van der Waals surface area contributed by atoms with E-state index in [1.54, 1.807) is 23.6 Å². The van der Waals surface area contributed by atoms with Gasteiger partial charge in [0.25, 0.3) is 0 Å². The summed E-state index contributed by atoms with van der Waals surface area (Å²) in [6.45, 7) is 2.87. The third-order valence-electron chi connectivity index (χ3n) is 4.31. The molecule has 10 heteroatoms. The van der Waals surface area contributed by atoms with Crippen LogP contribution in [0, 0.1) is 4.77 Å². The number of aromatic amines is 1. The molecule has 2 N–H and O–H groups in total. The summed E-state index contributed by atoms with van der Waals surface area (Å²) in [6, 6.07) is 6.59. The van der Waals surface area contributed by atoms with Crippen molar-refractivity contribution < 1.29 is 14.3 Å². The summed E-state index contributed by atoms with van der Waals surface area (Å²) in [5, 5.41) is 12.2. The van der Waals surface area contributed by atoms with Crippen LogP contribution in [0.1, 0.15) is 19.4 Å². The maximum Gasteiger partial charge on any atom is 0.247 e. The molecule has 0 saturated carbocycles. The molecule has 2 aromatic heterocycles. The zero-order valence-electron chi connectivity index (χ0n) is 14.9. The molecule has 1 atom stereocenters. The molecule has 1 amide bonds. The number of aromatic nitrogens is 3. The van der Waals surface area contributed by atoms with E-state index < -0.39 is 6.04 Å². The Morgan fingerprint density at radius 2 is 2.14 bits per heavy atom. The van der Waals surface area contributed by atoms with Gasteiger partial charge in [-0.3, -0.25) is 14.5 Å². The first-order valence-corrected chi connectivity index (χ1v) is 10.3. The van der Waals surface area contributed by atoms with Gasteiger partial charge in [0.2, 0.25) is 5.91 Å². The Balaban J connectivity index is 1.61. The Hall–Kier alpha value is -2.36. The lowest BCUT2D eigenvalue weighted by Crippen LogP contribution is -2.24. The maximum atomic E-state index is 12.9. The first-order valence-electron chi connectivity index (χ1n) is 8.65. The predicted octanol–water partition coefficient (Wildman–Crippen LogP) is 4.68. The zero-order chi connectivity index (χ0) is 19.7. The number of carbonyl (C=O) groups is 1. The van der Waals surface area contributed by atoms with Gasteiger partial charge >= 0.3 is 0 Å². The molecular weight excluding hydrogens is 420 g/mol. The molecule has 1 unspecified atom stereocenters. The van der Waals surface area contributed by atoms with Crippen LogP contribution in [-0.4, -0.2) is 33.9 Å². The fourth-order valence-electron chi connectivity index (χ4n) is 2.88. The molecule has 0 bridgehead atoms. The number of rotatable bonds is 4. The molecule has 0 radical (unpaired) electrons. The number of amides is 1. The van der Waals surface area contributed by atoms with E-state index in [0.29, 0.717) is 46.0 Å². The quantitative estimate of drug-likeness (QED) is 0.580. The van der Waals surface area contributed by atoms with Gasteiger partial charge in [-0.1, -0.05) is 17.7 Å². The first kappa shape index (κ1) is 19.0. The Morgan fingerprint density at radius 1 is 1.39 bits per heavy atom. The second-order valence-electron chi connectivity index (χ2n) is 6.19. The molecule has 1 aliphatic rings. The van der Waals surface area contributed by atoms with E-state index in [0.717, 1.165) is 11.3 Å². The van der Waals surface area contributed by atoms with Crippen molar-refractivity contribution in [1.29, 1.82) is 0 Å². The van der Waals surface area contributed by atoms with Crippen LogP contribution in [0.2, 0.25) is 5.02 Å². The molecule has 1 aliphatic heterocycles. The van der Waals surface area contributed by atoms with Crippen LogP contribution in [0.5, 0.6) is 11.5 Å². The SMILES string of the molecule is CC(C(=O)Nc1cc2c(cc1Cl)OCCCO2)n1c(-c2cccs2)n[nH]c1=S. The molecule has 146 valence electrons. The number of hydrogen-bond acceptors (Lipinski definition) is 6. The summed E-state index contributed by atoms with van der Waals surface area (Å²) in [5.74, 6) is 1.48. The molecule has 0 saturated heterocycles. The molecule has 3 heterocycles. The topological polar surface area (TPSA) is 81.2 Å². The molecule has 7 nitrogen and oxygen atoms in total. The summed E-state index contributed by atoms with van der Waals surface area (Å²) in [4.78, 5) is 13.8. The van der Waals surface area contributed by atoms with Gasteiger partial charge < -0.3 is 14.8 Å². The number of hydrogen-bond donors (Lipinski definition) is 2. The Bertz CT molecular complexity index is 1060. The van der Waals surface area contributed by atoms with E-state index in [1.165, 1.54) is 11.3 Å². The van der Waals surface area contributed by atoms with Crippen LogP contribution >= 0.6 is 35.2 Å². The Morgan fingerprint density at radius 3 is 2.86 bits per heavy atom. The van der Waals surface area contributed by atoms with Crippen molar-refractivity contribution in [2.75, 3.05) is 18.5 Å². The fraction of sp³-hybridized carbons (Fsp3) is 0.278. The Kier molecular flexibility index (Phi) is 5.38. The summed E-state index contributed by atoms with van der Waals surface area (Å²) in [6.07, 6.45) is 0.787. The van der Waals surface area contributed by atoms with Gasteiger partial charge in [0.1, 0.15) is 6.04 Å². The van der Waals surface area contributed by atoms with Crippen LogP contribution in [0.4, 0.5) is 5.69 Å². The van der Waals surface area contributed by atoms with Gasteiger partial charge in [-0.05, 0) is 30.6 Å². The highest BCUT2D eigenvalue weighted by Crippen LogP contribution is 2.38. The number of H-pyrrole nitrogens is 1. The van der Waals surface area contributed by atoms with Crippen LogP contribution in [0.25, 0.3) is 10.7 Å². The normalized spacial score (nSPS) is 14.4. The van der Waals surface area contributed by atoms with E-state index >= 15 is 0 Å². The van der Waals surface area contributed by atoms with Crippen LogP contribution < -0.4 is 14.8 Å². The number of nitrogens with zero attached hydrogens (tertiary/aromatic N) is 2. The minimum Gasteiger partial charge on any atom is -0.490 e. The highest BCUT2D eigenvalue weighted by atomic mass is 35.5. The summed E-state index contributed by atoms with van der Waals surface area (Å²) in [5.41, 5.74) is 0.454. The standard InChI is InChI=1S/C18H17ClN4O3S2/c1-10(23-16(21-22-18(23)27)15-4-2-7-28-15)17(24)20-12-9-14-13(8-11(12)19)25-5-3-6-26-14/h2,4,7-10H,3,5-6H2,1H3,(H,20,24)(H,22,27). The second kappa shape index (κ2) is 7.94. The number of thiophene rings is 1. The third-order valence-corrected chi connectivity index (χ3v) is 5.77. The van der Waals surface area contributed by atoms with E-state index in [-0.39, 0.29) is 5.91 Å². The summed E-state index contributed by atoms with van der Waals surface area (Å²) >= 11 is 13.2. The van der Waals surface area contributed by atoms with Crippen molar-refractivity contribution in [2.24, 2.45) is 0 Å². The highest BCUT2D eigenvalue weighted by molar-refractivity contribution is 7.71. The molecule has 0 aliphatic carbocycles. The molecule has 0 spiro atoms. The van der Waals surface area contributed by atoms with Crippen molar-refractivity contribution in [3.05, 3.63) is 39.4 Å². The average Bonchev–Trinajstić information content (AvgIpc) is 3.27. The monoisotopic (exact) mass is 436 g/mol. The Labute approximate surface area is 175 Å². The van der Waals surface area contributed by atoms with Crippen molar-refractivity contribution in [3.63, 3.8) is 0 Å². The molecular formula is C18H17ClN4O3S2. The minimum absolute atomic E-state index is 0.272. The largest absolute Gasteiger partial charge is 0.490 e. The van der Waals surface area contributed by atoms with Gasteiger partial charge in [-0.2, -0.15) is 5.10 Å².